The van der Waals surface area contributed by atoms with E-state index in [9.17, 15) is 13.2 Å². The number of nitrogens with one attached hydrogen (secondary N) is 1. The first-order valence-electron chi connectivity index (χ1n) is 10.6. The zero-order valence-electron chi connectivity index (χ0n) is 18.5. The Morgan fingerprint density at radius 2 is 1.70 bits per heavy atom. The summed E-state index contributed by atoms with van der Waals surface area (Å²) in [6.07, 6.45) is 1.55. The molecular weight excluding hydrogens is 460 g/mol. The predicted octanol–water partition coefficient (Wildman–Crippen LogP) is 2.03. The molecule has 0 atom stereocenters. The molecule has 0 aliphatic carbocycles. The molecule has 33 heavy (non-hydrogen) atoms. The lowest BCUT2D eigenvalue weighted by Gasteiger charge is -2.30. The number of aryl methyl sites for hydroxylation is 1. The van der Waals surface area contributed by atoms with Gasteiger partial charge in [0.1, 0.15) is 11.4 Å². The number of thiocarbonyl (C=S) groups is 1. The number of nitrogens with zero attached hydrogens (tertiary/aromatic N) is 3. The van der Waals surface area contributed by atoms with Gasteiger partial charge in [-0.05, 0) is 55.0 Å². The summed E-state index contributed by atoms with van der Waals surface area (Å²) < 4.78 is 33.4. The van der Waals surface area contributed by atoms with Crippen LogP contribution in [-0.2, 0) is 14.8 Å². The van der Waals surface area contributed by atoms with Crippen molar-refractivity contribution >= 4 is 39.3 Å². The van der Waals surface area contributed by atoms with Gasteiger partial charge in [0.05, 0.1) is 18.7 Å². The van der Waals surface area contributed by atoms with Gasteiger partial charge in [-0.25, -0.2) is 12.7 Å². The van der Waals surface area contributed by atoms with Crippen LogP contribution in [0.1, 0.15) is 11.1 Å². The van der Waals surface area contributed by atoms with Gasteiger partial charge in [0.25, 0.3) is 15.9 Å². The summed E-state index contributed by atoms with van der Waals surface area (Å²) in [5.74, 6) is 0.222. The number of methoxy groups -OCH3 is 1. The number of benzene rings is 2. The molecular formula is C23H26N4O4S2. The maximum Gasteiger partial charge on any atom is 0.279 e. The van der Waals surface area contributed by atoms with Crippen LogP contribution in [0.4, 0.5) is 0 Å². The molecule has 10 heteroatoms. The summed E-state index contributed by atoms with van der Waals surface area (Å²) >= 11 is 5.56. The summed E-state index contributed by atoms with van der Waals surface area (Å²) in [6, 6.07) is 13.5. The minimum absolute atomic E-state index is 0.000811. The molecule has 2 heterocycles. The number of amides is 1. The Morgan fingerprint density at radius 1 is 1.06 bits per heavy atom. The monoisotopic (exact) mass is 486 g/mol. The fraction of sp³-hybridized carbons (Fsp3) is 0.304. The van der Waals surface area contributed by atoms with Gasteiger partial charge in [-0.1, -0.05) is 29.8 Å². The van der Waals surface area contributed by atoms with Crippen LogP contribution in [0.3, 0.4) is 0 Å². The van der Waals surface area contributed by atoms with Crippen LogP contribution in [0.15, 0.2) is 59.1 Å². The summed E-state index contributed by atoms with van der Waals surface area (Å²) in [6.45, 7) is 5.20. The van der Waals surface area contributed by atoms with E-state index < -0.39 is 15.9 Å². The molecule has 2 aromatic carbocycles. The molecule has 174 valence electrons. The fourth-order valence-corrected chi connectivity index (χ4v) is 5.65. The van der Waals surface area contributed by atoms with E-state index in [2.05, 4.69) is 10.2 Å². The molecule has 2 aromatic rings. The van der Waals surface area contributed by atoms with E-state index in [1.807, 2.05) is 6.92 Å². The molecule has 1 amide bonds. The molecule has 0 saturated carbocycles. The summed E-state index contributed by atoms with van der Waals surface area (Å²) in [4.78, 5) is 17.0. The highest BCUT2D eigenvalue weighted by atomic mass is 32.2. The number of sulfonamides is 1. The number of rotatable bonds is 6. The maximum absolute atomic E-state index is 13.6. The van der Waals surface area contributed by atoms with Crippen LogP contribution in [0.5, 0.6) is 5.75 Å². The first kappa shape index (κ1) is 23.4. The predicted molar refractivity (Wildman–Crippen MR) is 130 cm³/mol. The van der Waals surface area contributed by atoms with Gasteiger partial charge in [0.15, 0.2) is 5.11 Å². The summed E-state index contributed by atoms with van der Waals surface area (Å²) in [7, 11) is -2.52. The highest BCUT2D eigenvalue weighted by molar-refractivity contribution is 7.91. The van der Waals surface area contributed by atoms with Gasteiger partial charge in [-0.3, -0.25) is 14.6 Å². The second kappa shape index (κ2) is 9.60. The number of carbonyl (C=O) groups is 1. The van der Waals surface area contributed by atoms with Crippen molar-refractivity contribution < 1.29 is 17.9 Å². The first-order chi connectivity index (χ1) is 15.8. The van der Waals surface area contributed by atoms with Crippen molar-refractivity contribution in [3.05, 3.63) is 65.4 Å². The fourth-order valence-electron chi connectivity index (χ4n) is 3.73. The van der Waals surface area contributed by atoms with Crippen molar-refractivity contribution in [1.82, 2.24) is 19.4 Å². The molecule has 4 rings (SSSR count). The van der Waals surface area contributed by atoms with Gasteiger partial charge in [-0.15, -0.1) is 0 Å². The Bertz CT molecular complexity index is 1170. The van der Waals surface area contributed by atoms with E-state index in [0.717, 1.165) is 36.0 Å². The van der Waals surface area contributed by atoms with Crippen LogP contribution in [-0.4, -0.2) is 73.5 Å². The zero-order chi connectivity index (χ0) is 23.6. The van der Waals surface area contributed by atoms with E-state index >= 15 is 0 Å². The largest absolute Gasteiger partial charge is 0.497 e. The molecule has 2 fully saturated rings. The highest BCUT2D eigenvalue weighted by Gasteiger charge is 2.45. The van der Waals surface area contributed by atoms with E-state index in [1.54, 1.807) is 49.6 Å². The van der Waals surface area contributed by atoms with Crippen LogP contribution in [0, 0.1) is 6.92 Å². The van der Waals surface area contributed by atoms with Crippen molar-refractivity contribution in [2.45, 2.75) is 11.8 Å². The maximum atomic E-state index is 13.6. The highest BCUT2D eigenvalue weighted by Crippen LogP contribution is 2.31. The zero-order valence-corrected chi connectivity index (χ0v) is 20.2. The Kier molecular flexibility index (Phi) is 6.80. The van der Waals surface area contributed by atoms with Crippen LogP contribution < -0.4 is 10.1 Å². The van der Waals surface area contributed by atoms with Crippen LogP contribution in [0.2, 0.25) is 0 Å². The third-order valence-electron chi connectivity index (χ3n) is 5.62. The molecule has 2 saturated heterocycles. The summed E-state index contributed by atoms with van der Waals surface area (Å²) in [5.41, 5.74) is 1.60. The molecule has 0 spiro atoms. The van der Waals surface area contributed by atoms with Gasteiger partial charge < -0.3 is 10.1 Å². The number of piperazine rings is 1. The van der Waals surface area contributed by atoms with Crippen molar-refractivity contribution in [1.29, 1.82) is 0 Å². The van der Waals surface area contributed by atoms with E-state index in [0.29, 0.717) is 11.3 Å². The molecule has 0 unspecified atom stereocenters. The average Bonchev–Trinajstić information content (AvgIpc) is 3.05. The van der Waals surface area contributed by atoms with Crippen molar-refractivity contribution in [2.24, 2.45) is 0 Å². The average molecular weight is 487 g/mol. The lowest BCUT2D eigenvalue weighted by atomic mass is 10.2. The second-order valence-corrected chi connectivity index (χ2v) is 10.1. The second-order valence-electron chi connectivity index (χ2n) is 7.91. The van der Waals surface area contributed by atoms with Crippen LogP contribution >= 0.6 is 12.2 Å². The third kappa shape index (κ3) is 4.79. The summed E-state index contributed by atoms with van der Waals surface area (Å²) in [5, 5.41) is 3.22. The quantitative estimate of drug-likeness (QED) is 0.494. The lowest BCUT2D eigenvalue weighted by Crippen LogP contribution is -2.50. The Balaban J connectivity index is 1.75. The number of carbonyl (C=O) groups excluding carboxylic acids is 1. The SMILES string of the molecule is COc1ccc(/C=C2/C(=O)N(CN3CCNCC3)C(=S)N2S(=O)(=O)c2ccc(C)cc2)cc1. The lowest BCUT2D eigenvalue weighted by molar-refractivity contribution is -0.124. The molecule has 0 radical (unpaired) electrons. The molecule has 2 aliphatic heterocycles. The molecule has 0 aromatic heterocycles. The number of ether oxygens (including phenoxy) is 1. The number of hydrogen-bond donors (Lipinski definition) is 1. The third-order valence-corrected chi connectivity index (χ3v) is 7.85. The van der Waals surface area contributed by atoms with Crippen molar-refractivity contribution in [2.75, 3.05) is 40.0 Å². The normalized spacial score (nSPS) is 18.9. The van der Waals surface area contributed by atoms with Crippen molar-refractivity contribution in [3.8, 4) is 5.75 Å². The van der Waals surface area contributed by atoms with Gasteiger partial charge in [0, 0.05) is 26.2 Å². The van der Waals surface area contributed by atoms with E-state index in [4.69, 9.17) is 17.0 Å². The standard InChI is InChI=1S/C23H26N4O4S2/c1-17-3-9-20(10-4-17)33(29,30)27-21(15-18-5-7-19(31-2)8-6-18)22(28)26(23(27)32)16-25-13-11-24-12-14-25/h3-10,15,24H,11-14,16H2,1-2H3/b21-15-. The minimum atomic E-state index is -4.09. The van der Waals surface area contributed by atoms with Gasteiger partial charge in [-0.2, -0.15) is 0 Å². The molecule has 8 nitrogen and oxygen atoms in total. The van der Waals surface area contributed by atoms with Gasteiger partial charge in [0.2, 0.25) is 0 Å². The van der Waals surface area contributed by atoms with E-state index in [-0.39, 0.29) is 22.4 Å². The Labute approximate surface area is 199 Å². The number of hydrogen-bond acceptors (Lipinski definition) is 7. The Morgan fingerprint density at radius 3 is 2.30 bits per heavy atom. The topological polar surface area (TPSA) is 82.2 Å². The first-order valence-corrected chi connectivity index (χ1v) is 12.4. The molecule has 1 N–H and O–H groups in total. The van der Waals surface area contributed by atoms with Crippen molar-refractivity contribution in [3.63, 3.8) is 0 Å². The molecule has 0 bridgehead atoms. The van der Waals surface area contributed by atoms with Crippen LogP contribution in [0.25, 0.3) is 6.08 Å². The molecule has 2 aliphatic rings. The smallest absolute Gasteiger partial charge is 0.279 e. The Hall–Kier alpha value is -2.79. The van der Waals surface area contributed by atoms with E-state index in [1.165, 1.54) is 17.0 Å². The van der Waals surface area contributed by atoms with Gasteiger partial charge >= 0.3 is 0 Å². The minimum Gasteiger partial charge on any atom is -0.497 e.